The molecule has 0 unspecified atom stereocenters. The average molecular weight is 417 g/mol. The second-order valence-electron chi connectivity index (χ2n) is 4.30. The minimum Gasteiger partial charge on any atom is -0.282 e. The first kappa shape index (κ1) is 18.3. The van der Waals surface area contributed by atoms with E-state index in [4.69, 9.17) is 39.4 Å². The van der Waals surface area contributed by atoms with Gasteiger partial charge in [-0.2, -0.15) is 8.42 Å². The van der Waals surface area contributed by atoms with Gasteiger partial charge in [0.25, 0.3) is 20.1 Å². The number of rotatable bonds is 4. The van der Waals surface area contributed by atoms with E-state index in [1.165, 1.54) is 18.2 Å². The van der Waals surface area contributed by atoms with E-state index in [-0.39, 0.29) is 30.5 Å². The third kappa shape index (κ3) is 4.28. The van der Waals surface area contributed by atoms with E-state index in [0.717, 1.165) is 18.2 Å². The molecule has 2 aromatic rings. The first-order chi connectivity index (χ1) is 10.5. The lowest BCUT2D eigenvalue weighted by molar-refractivity contribution is 0.483. The maximum absolute atomic E-state index is 12.3. The third-order valence-electron chi connectivity index (χ3n) is 2.67. The van der Waals surface area contributed by atoms with Gasteiger partial charge in [-0.05, 0) is 36.4 Å². The smallest absolute Gasteiger partial charge is 0.282 e. The zero-order valence-electron chi connectivity index (χ0n) is 11.0. The van der Waals surface area contributed by atoms with Crippen molar-refractivity contribution in [2.45, 2.75) is 9.79 Å². The normalized spacial score (nSPS) is 12.2. The quantitative estimate of drug-likeness (QED) is 0.585. The Morgan fingerprint density at radius 1 is 0.826 bits per heavy atom. The highest BCUT2D eigenvalue weighted by Crippen LogP contribution is 2.32. The average Bonchev–Trinajstić information content (AvgIpc) is 2.41. The van der Waals surface area contributed by atoms with Crippen molar-refractivity contribution in [3.8, 4) is 0 Å². The number of anilines is 1. The summed E-state index contributed by atoms with van der Waals surface area (Å²) in [7, 11) is -8.43. The van der Waals surface area contributed by atoms with Crippen LogP contribution in [0.25, 0.3) is 0 Å². The first-order valence-electron chi connectivity index (χ1n) is 5.75. The Balaban J connectivity index is 2.37. The van der Waals surface area contributed by atoms with E-state index in [0.29, 0.717) is 0 Å². The molecule has 124 valence electrons. The standard InChI is InChI=1S/C12H8Cl3NO5S2/c13-9-5-11(15)12(6-10(9)14)22(17,18)16-7-1-3-8(4-2-7)23(19,20)21/h1-6,16H,(H,19,20,21). The minimum absolute atomic E-state index is 0.0122. The summed E-state index contributed by atoms with van der Waals surface area (Å²) in [6.45, 7) is 0. The molecule has 6 nitrogen and oxygen atoms in total. The van der Waals surface area contributed by atoms with Crippen LogP contribution >= 0.6 is 34.8 Å². The summed E-state index contributed by atoms with van der Waals surface area (Å²) >= 11 is 17.4. The van der Waals surface area contributed by atoms with Crippen molar-refractivity contribution in [3.63, 3.8) is 0 Å². The van der Waals surface area contributed by atoms with Crippen molar-refractivity contribution < 1.29 is 21.4 Å². The van der Waals surface area contributed by atoms with E-state index < -0.39 is 20.1 Å². The van der Waals surface area contributed by atoms with Gasteiger partial charge in [0, 0.05) is 5.69 Å². The number of hydrogen-bond acceptors (Lipinski definition) is 4. The lowest BCUT2D eigenvalue weighted by Gasteiger charge is -2.11. The molecule has 0 amide bonds. The van der Waals surface area contributed by atoms with Crippen LogP contribution in [0.4, 0.5) is 5.69 Å². The Labute approximate surface area is 147 Å². The van der Waals surface area contributed by atoms with Crippen LogP contribution in [-0.4, -0.2) is 21.4 Å². The van der Waals surface area contributed by atoms with E-state index in [2.05, 4.69) is 4.72 Å². The Morgan fingerprint density at radius 2 is 1.35 bits per heavy atom. The molecule has 0 aliphatic carbocycles. The van der Waals surface area contributed by atoms with Crippen LogP contribution < -0.4 is 4.72 Å². The molecular formula is C12H8Cl3NO5S2. The Morgan fingerprint density at radius 3 is 1.87 bits per heavy atom. The molecule has 2 rings (SSSR count). The Hall–Kier alpha value is -1.03. The number of nitrogens with one attached hydrogen (secondary N) is 1. The van der Waals surface area contributed by atoms with Crippen LogP contribution in [-0.2, 0) is 20.1 Å². The SMILES string of the molecule is O=S(=O)(O)c1ccc(NS(=O)(=O)c2cc(Cl)c(Cl)cc2Cl)cc1. The molecule has 0 radical (unpaired) electrons. The topological polar surface area (TPSA) is 101 Å². The second kappa shape index (κ2) is 6.46. The van der Waals surface area contributed by atoms with Crippen molar-refractivity contribution in [2.75, 3.05) is 4.72 Å². The van der Waals surface area contributed by atoms with Gasteiger partial charge in [0.2, 0.25) is 0 Å². The molecule has 0 heterocycles. The van der Waals surface area contributed by atoms with Gasteiger partial charge >= 0.3 is 0 Å². The minimum atomic E-state index is -4.36. The van der Waals surface area contributed by atoms with Gasteiger partial charge in [-0.3, -0.25) is 9.27 Å². The monoisotopic (exact) mass is 415 g/mol. The van der Waals surface area contributed by atoms with Crippen LogP contribution in [0, 0.1) is 0 Å². The van der Waals surface area contributed by atoms with Crippen molar-refractivity contribution in [2.24, 2.45) is 0 Å². The zero-order chi connectivity index (χ0) is 17.4. The van der Waals surface area contributed by atoms with Crippen molar-refractivity contribution in [1.29, 1.82) is 0 Å². The van der Waals surface area contributed by atoms with Gasteiger partial charge in [0.05, 0.1) is 20.0 Å². The van der Waals surface area contributed by atoms with E-state index in [9.17, 15) is 16.8 Å². The highest BCUT2D eigenvalue weighted by atomic mass is 35.5. The molecule has 2 N–H and O–H groups in total. The molecule has 11 heteroatoms. The molecule has 0 aromatic heterocycles. The predicted molar refractivity (Wildman–Crippen MR) is 88.5 cm³/mol. The molecule has 0 atom stereocenters. The van der Waals surface area contributed by atoms with Gasteiger partial charge in [-0.25, -0.2) is 8.42 Å². The fraction of sp³-hybridized carbons (Fsp3) is 0. The fourth-order valence-corrected chi connectivity index (χ4v) is 4.16. The predicted octanol–water partition coefficient (Wildman–Crippen LogP) is 3.69. The van der Waals surface area contributed by atoms with Crippen LogP contribution in [0.2, 0.25) is 15.1 Å². The van der Waals surface area contributed by atoms with Gasteiger partial charge in [-0.1, -0.05) is 34.8 Å². The highest BCUT2D eigenvalue weighted by molar-refractivity contribution is 7.92. The number of halogens is 3. The summed E-state index contributed by atoms with van der Waals surface area (Å²) in [4.78, 5) is -0.652. The van der Waals surface area contributed by atoms with Crippen LogP contribution in [0.3, 0.4) is 0 Å². The lowest BCUT2D eigenvalue weighted by Crippen LogP contribution is -2.13. The third-order valence-corrected chi connectivity index (χ3v) is 6.10. The fourth-order valence-electron chi connectivity index (χ4n) is 1.62. The van der Waals surface area contributed by atoms with Gasteiger partial charge < -0.3 is 0 Å². The van der Waals surface area contributed by atoms with Gasteiger partial charge in [0.15, 0.2) is 0 Å². The van der Waals surface area contributed by atoms with E-state index in [1.807, 2.05) is 0 Å². The Bertz CT molecular complexity index is 957. The molecule has 0 fully saturated rings. The summed E-state index contributed by atoms with van der Waals surface area (Å²) < 4.78 is 57.6. The summed E-state index contributed by atoms with van der Waals surface area (Å²) in [5, 5.41) is -0.00672. The molecule has 0 spiro atoms. The van der Waals surface area contributed by atoms with Crippen molar-refractivity contribution >= 4 is 60.6 Å². The largest absolute Gasteiger partial charge is 0.294 e. The molecule has 0 aliphatic heterocycles. The van der Waals surface area contributed by atoms with Crippen LogP contribution in [0.5, 0.6) is 0 Å². The molecule has 0 bridgehead atoms. The molecule has 0 saturated carbocycles. The highest BCUT2D eigenvalue weighted by Gasteiger charge is 2.20. The molecular weight excluding hydrogens is 409 g/mol. The van der Waals surface area contributed by atoms with Crippen molar-refractivity contribution in [3.05, 3.63) is 51.5 Å². The molecule has 0 saturated heterocycles. The second-order valence-corrected chi connectivity index (χ2v) is 8.60. The van der Waals surface area contributed by atoms with Crippen molar-refractivity contribution in [1.82, 2.24) is 0 Å². The number of benzene rings is 2. The molecule has 0 aliphatic rings. The maximum atomic E-state index is 12.3. The van der Waals surface area contributed by atoms with E-state index in [1.54, 1.807) is 0 Å². The summed E-state index contributed by atoms with van der Waals surface area (Å²) in [5.41, 5.74) is 0.0690. The summed E-state index contributed by atoms with van der Waals surface area (Å²) in [6, 6.07) is 6.73. The van der Waals surface area contributed by atoms with Gasteiger partial charge in [0.1, 0.15) is 4.90 Å². The number of hydrogen-bond donors (Lipinski definition) is 2. The Kier molecular flexibility index (Phi) is 5.15. The van der Waals surface area contributed by atoms with Crippen LogP contribution in [0.15, 0.2) is 46.2 Å². The van der Waals surface area contributed by atoms with Gasteiger partial charge in [-0.15, -0.1) is 0 Å². The lowest BCUT2D eigenvalue weighted by atomic mass is 10.3. The summed E-state index contributed by atoms with van der Waals surface area (Å²) in [6.07, 6.45) is 0. The first-order valence-corrected chi connectivity index (χ1v) is 9.81. The summed E-state index contributed by atoms with van der Waals surface area (Å²) in [5.74, 6) is 0. The number of sulfonamides is 1. The molecule has 23 heavy (non-hydrogen) atoms. The van der Waals surface area contributed by atoms with Crippen LogP contribution in [0.1, 0.15) is 0 Å². The maximum Gasteiger partial charge on any atom is 0.294 e. The zero-order valence-corrected chi connectivity index (χ0v) is 14.9. The van der Waals surface area contributed by atoms with E-state index >= 15 is 0 Å². The molecule has 2 aromatic carbocycles.